The summed E-state index contributed by atoms with van der Waals surface area (Å²) in [4.78, 5) is 14.5. The highest BCUT2D eigenvalue weighted by atomic mass is 79.9. The molecule has 2 nitrogen and oxygen atoms in total. The fourth-order valence-electron chi connectivity index (χ4n) is 2.52. The molecule has 2 unspecified atom stereocenters. The minimum Gasteiger partial charge on any atom is -0.338 e. The van der Waals surface area contributed by atoms with E-state index in [-0.39, 0.29) is 4.75 Å². The van der Waals surface area contributed by atoms with Gasteiger partial charge in [-0.2, -0.15) is 0 Å². The SMILES string of the molecule is CC1(C(=O)N2CCCC2CBr)CCCS1. The van der Waals surface area contributed by atoms with Crippen LogP contribution in [0.15, 0.2) is 0 Å². The minimum absolute atomic E-state index is 0.120. The van der Waals surface area contributed by atoms with Crippen LogP contribution >= 0.6 is 27.7 Å². The summed E-state index contributed by atoms with van der Waals surface area (Å²) < 4.78 is -0.120. The molecule has 2 rings (SSSR count). The molecule has 2 heterocycles. The second kappa shape index (κ2) is 4.66. The van der Waals surface area contributed by atoms with Crippen LogP contribution in [-0.2, 0) is 4.79 Å². The lowest BCUT2D eigenvalue weighted by atomic mass is 10.0. The van der Waals surface area contributed by atoms with E-state index in [9.17, 15) is 4.79 Å². The van der Waals surface area contributed by atoms with Crippen molar-refractivity contribution >= 4 is 33.6 Å². The average Bonchev–Trinajstić information content (AvgIpc) is 2.85. The Bertz CT molecular complexity index is 253. The van der Waals surface area contributed by atoms with E-state index >= 15 is 0 Å². The van der Waals surface area contributed by atoms with Gasteiger partial charge in [-0.3, -0.25) is 4.79 Å². The van der Waals surface area contributed by atoms with E-state index in [0.717, 1.165) is 30.5 Å². The van der Waals surface area contributed by atoms with E-state index in [1.807, 2.05) is 11.8 Å². The van der Waals surface area contributed by atoms with Crippen molar-refractivity contribution in [2.45, 2.75) is 43.4 Å². The average molecular weight is 292 g/mol. The van der Waals surface area contributed by atoms with Gasteiger partial charge in [0.1, 0.15) is 0 Å². The Morgan fingerprint density at radius 2 is 2.40 bits per heavy atom. The van der Waals surface area contributed by atoms with Gasteiger partial charge in [-0.15, -0.1) is 11.8 Å². The molecule has 0 N–H and O–H groups in total. The Morgan fingerprint density at radius 3 is 3.00 bits per heavy atom. The Labute approximate surface area is 104 Å². The molecule has 0 aromatic rings. The van der Waals surface area contributed by atoms with Crippen molar-refractivity contribution in [1.29, 1.82) is 0 Å². The maximum atomic E-state index is 12.4. The van der Waals surface area contributed by atoms with Crippen LogP contribution in [0.1, 0.15) is 32.6 Å². The molecule has 0 saturated carbocycles. The second-order valence-electron chi connectivity index (χ2n) is 4.63. The molecule has 2 saturated heterocycles. The summed E-state index contributed by atoms with van der Waals surface area (Å²) in [7, 11) is 0. The van der Waals surface area contributed by atoms with Gasteiger partial charge < -0.3 is 4.90 Å². The van der Waals surface area contributed by atoms with Crippen LogP contribution in [-0.4, -0.2) is 39.2 Å². The van der Waals surface area contributed by atoms with E-state index in [2.05, 4.69) is 27.8 Å². The van der Waals surface area contributed by atoms with Crippen molar-refractivity contribution < 1.29 is 4.79 Å². The van der Waals surface area contributed by atoms with Crippen LogP contribution < -0.4 is 0 Å². The number of nitrogens with zero attached hydrogens (tertiary/aromatic N) is 1. The number of thioether (sulfide) groups is 1. The lowest BCUT2D eigenvalue weighted by Crippen LogP contribution is -2.46. The largest absolute Gasteiger partial charge is 0.338 e. The van der Waals surface area contributed by atoms with Gasteiger partial charge in [0.15, 0.2) is 0 Å². The molecule has 86 valence electrons. The summed E-state index contributed by atoms with van der Waals surface area (Å²) in [6, 6.07) is 0.440. The number of carbonyl (C=O) groups is 1. The van der Waals surface area contributed by atoms with Gasteiger partial charge in [0.05, 0.1) is 4.75 Å². The summed E-state index contributed by atoms with van der Waals surface area (Å²) in [5.41, 5.74) is 0. The molecule has 1 amide bonds. The van der Waals surface area contributed by atoms with E-state index in [0.29, 0.717) is 11.9 Å². The number of rotatable bonds is 2. The second-order valence-corrected chi connectivity index (χ2v) is 6.88. The van der Waals surface area contributed by atoms with Gasteiger partial charge >= 0.3 is 0 Å². The molecule has 2 aliphatic rings. The van der Waals surface area contributed by atoms with Crippen LogP contribution in [0.5, 0.6) is 0 Å². The number of alkyl halides is 1. The molecule has 0 aromatic carbocycles. The molecule has 2 fully saturated rings. The number of carbonyl (C=O) groups excluding carboxylic acids is 1. The first-order valence-electron chi connectivity index (χ1n) is 5.68. The Balaban J connectivity index is 2.06. The van der Waals surface area contributed by atoms with Gasteiger partial charge in [0, 0.05) is 17.9 Å². The summed E-state index contributed by atoms with van der Waals surface area (Å²) in [5, 5.41) is 0.930. The van der Waals surface area contributed by atoms with Crippen LogP contribution in [0.25, 0.3) is 0 Å². The summed E-state index contributed by atoms with van der Waals surface area (Å²) in [6.07, 6.45) is 4.59. The lowest BCUT2D eigenvalue weighted by Gasteiger charge is -2.31. The number of halogens is 1. The molecule has 2 atom stereocenters. The standard InChI is InChI=1S/C11H18BrNOS/c1-11(5-3-7-15-11)10(14)13-6-2-4-9(13)8-12/h9H,2-8H2,1H3. The molecular formula is C11H18BrNOS. The first kappa shape index (κ1) is 11.8. The zero-order valence-corrected chi connectivity index (χ0v) is 11.6. The first-order chi connectivity index (χ1) is 7.17. The van der Waals surface area contributed by atoms with Crippen LogP contribution in [0.2, 0.25) is 0 Å². The Hall–Kier alpha value is 0.300. The fourth-order valence-corrected chi connectivity index (χ4v) is 4.46. The van der Waals surface area contributed by atoms with Crippen molar-refractivity contribution in [2.24, 2.45) is 0 Å². The first-order valence-corrected chi connectivity index (χ1v) is 7.79. The van der Waals surface area contributed by atoms with Crippen molar-refractivity contribution in [3.8, 4) is 0 Å². The summed E-state index contributed by atoms with van der Waals surface area (Å²) in [6.45, 7) is 3.09. The third kappa shape index (κ3) is 2.21. The maximum absolute atomic E-state index is 12.4. The minimum atomic E-state index is -0.120. The van der Waals surface area contributed by atoms with Gasteiger partial charge in [-0.05, 0) is 38.4 Å². The third-order valence-corrected chi connectivity index (χ3v) is 5.74. The van der Waals surface area contributed by atoms with E-state index in [1.165, 1.54) is 12.8 Å². The van der Waals surface area contributed by atoms with Crippen LogP contribution in [0.4, 0.5) is 0 Å². The highest BCUT2D eigenvalue weighted by Crippen LogP contribution is 2.40. The quantitative estimate of drug-likeness (QED) is 0.729. The van der Waals surface area contributed by atoms with Crippen LogP contribution in [0.3, 0.4) is 0 Å². The monoisotopic (exact) mass is 291 g/mol. The van der Waals surface area contributed by atoms with E-state index < -0.39 is 0 Å². The van der Waals surface area contributed by atoms with Crippen molar-refractivity contribution in [1.82, 2.24) is 4.90 Å². The van der Waals surface area contributed by atoms with Gasteiger partial charge in [-0.1, -0.05) is 15.9 Å². The zero-order chi connectivity index (χ0) is 10.9. The zero-order valence-electron chi connectivity index (χ0n) is 9.17. The van der Waals surface area contributed by atoms with E-state index in [4.69, 9.17) is 0 Å². The molecule has 0 aliphatic carbocycles. The highest BCUT2D eigenvalue weighted by molar-refractivity contribution is 9.09. The molecule has 0 spiro atoms. The molecule has 2 aliphatic heterocycles. The summed E-state index contributed by atoms with van der Waals surface area (Å²) >= 11 is 5.36. The van der Waals surface area contributed by atoms with Gasteiger partial charge in [0.2, 0.25) is 5.91 Å². The summed E-state index contributed by atoms with van der Waals surface area (Å²) in [5.74, 6) is 1.53. The predicted molar refractivity (Wildman–Crippen MR) is 68.6 cm³/mol. The molecule has 0 bridgehead atoms. The lowest BCUT2D eigenvalue weighted by molar-refractivity contribution is -0.133. The molecule has 0 radical (unpaired) electrons. The predicted octanol–water partition coefficient (Wildman–Crippen LogP) is 2.66. The fraction of sp³-hybridized carbons (Fsp3) is 0.909. The number of likely N-dealkylation sites (tertiary alicyclic amines) is 1. The van der Waals surface area contributed by atoms with Gasteiger partial charge in [-0.25, -0.2) is 0 Å². The number of amides is 1. The van der Waals surface area contributed by atoms with Gasteiger partial charge in [0.25, 0.3) is 0 Å². The molecular weight excluding hydrogens is 274 g/mol. The van der Waals surface area contributed by atoms with E-state index in [1.54, 1.807) is 0 Å². The van der Waals surface area contributed by atoms with Crippen LogP contribution in [0, 0.1) is 0 Å². The smallest absolute Gasteiger partial charge is 0.238 e. The third-order valence-electron chi connectivity index (χ3n) is 3.49. The number of hydrogen-bond acceptors (Lipinski definition) is 2. The van der Waals surface area contributed by atoms with Crippen molar-refractivity contribution in [3.05, 3.63) is 0 Å². The topological polar surface area (TPSA) is 20.3 Å². The molecule has 4 heteroatoms. The highest BCUT2D eigenvalue weighted by Gasteiger charge is 2.42. The number of hydrogen-bond donors (Lipinski definition) is 0. The van der Waals surface area contributed by atoms with Crippen molar-refractivity contribution in [3.63, 3.8) is 0 Å². The molecule has 0 aromatic heterocycles. The normalized spacial score (nSPS) is 36.1. The maximum Gasteiger partial charge on any atom is 0.238 e. The Kier molecular flexibility index (Phi) is 3.66. The van der Waals surface area contributed by atoms with Crippen molar-refractivity contribution in [2.75, 3.05) is 17.6 Å². The Morgan fingerprint density at radius 1 is 1.60 bits per heavy atom. The molecule has 15 heavy (non-hydrogen) atoms.